The first-order valence-electron chi connectivity index (χ1n) is 5.06. The van der Waals surface area contributed by atoms with Crippen LogP contribution in [0.3, 0.4) is 0 Å². The van der Waals surface area contributed by atoms with Gasteiger partial charge >= 0.3 is 0 Å². The topological polar surface area (TPSA) is 45.2 Å². The number of pyridine rings is 1. The molecule has 82 valence electrons. The highest BCUT2D eigenvalue weighted by Gasteiger charge is 2.07. The molecule has 1 heterocycles. The van der Waals surface area contributed by atoms with Crippen LogP contribution in [0.4, 0.5) is 5.82 Å². The molecule has 1 rings (SSSR count). The molecule has 0 bridgehead atoms. The average Bonchev–Trinajstić information content (AvgIpc) is 2.26. The van der Waals surface area contributed by atoms with E-state index in [0.29, 0.717) is 5.56 Å². The predicted octanol–water partition coefficient (Wildman–Crippen LogP) is 1.61. The molecule has 0 spiro atoms. The summed E-state index contributed by atoms with van der Waals surface area (Å²) in [7, 11) is 3.46. The number of nitrogens with one attached hydrogen (secondary N) is 1. The largest absolute Gasteiger partial charge is 0.370 e. The molecule has 0 aliphatic rings. The van der Waals surface area contributed by atoms with Gasteiger partial charge < -0.3 is 10.2 Å². The molecule has 4 heteroatoms. The summed E-state index contributed by atoms with van der Waals surface area (Å²) >= 11 is 0. The van der Waals surface area contributed by atoms with Crippen LogP contribution in [-0.2, 0) is 0 Å². The van der Waals surface area contributed by atoms with Gasteiger partial charge in [0.2, 0.25) is 0 Å². The van der Waals surface area contributed by atoms with Crippen molar-refractivity contribution in [2.24, 2.45) is 0 Å². The van der Waals surface area contributed by atoms with E-state index in [-0.39, 0.29) is 5.91 Å². The fourth-order valence-electron chi connectivity index (χ4n) is 1.14. The molecule has 1 N–H and O–H groups in total. The van der Waals surface area contributed by atoms with E-state index < -0.39 is 0 Å². The van der Waals surface area contributed by atoms with Crippen LogP contribution in [0.15, 0.2) is 18.3 Å². The summed E-state index contributed by atoms with van der Waals surface area (Å²) in [5.74, 6) is 0.789. The van der Waals surface area contributed by atoms with Gasteiger partial charge in [0.1, 0.15) is 5.82 Å². The molecule has 0 fully saturated rings. The third-order valence-electron chi connectivity index (χ3n) is 1.97. The number of hydrogen-bond donors (Lipinski definition) is 1. The molecular formula is C11H17N3O. The number of amides is 1. The van der Waals surface area contributed by atoms with Crippen molar-refractivity contribution in [3.8, 4) is 0 Å². The third-order valence-corrected chi connectivity index (χ3v) is 1.97. The minimum absolute atomic E-state index is 0.0236. The maximum Gasteiger partial charge on any atom is 0.254 e. The van der Waals surface area contributed by atoms with Crippen LogP contribution in [-0.4, -0.2) is 36.4 Å². The van der Waals surface area contributed by atoms with E-state index >= 15 is 0 Å². The zero-order chi connectivity index (χ0) is 11.3. The van der Waals surface area contributed by atoms with Crippen molar-refractivity contribution in [3.63, 3.8) is 0 Å². The van der Waals surface area contributed by atoms with E-state index in [2.05, 4.69) is 17.2 Å². The number of carbonyl (C=O) groups excluding carboxylic acids is 1. The van der Waals surface area contributed by atoms with Crippen LogP contribution in [0.5, 0.6) is 0 Å². The average molecular weight is 207 g/mol. The Balaban J connectivity index is 2.68. The molecule has 0 unspecified atom stereocenters. The van der Waals surface area contributed by atoms with Crippen molar-refractivity contribution in [1.29, 1.82) is 0 Å². The molecule has 0 radical (unpaired) electrons. The fourth-order valence-corrected chi connectivity index (χ4v) is 1.14. The molecule has 0 aliphatic heterocycles. The second-order valence-corrected chi connectivity index (χ2v) is 3.56. The van der Waals surface area contributed by atoms with Crippen LogP contribution in [0, 0.1) is 0 Å². The van der Waals surface area contributed by atoms with E-state index in [1.807, 2.05) is 6.07 Å². The molecule has 0 aromatic carbocycles. The minimum atomic E-state index is -0.0236. The number of aromatic nitrogens is 1. The first-order valence-corrected chi connectivity index (χ1v) is 5.06. The van der Waals surface area contributed by atoms with Crippen molar-refractivity contribution in [2.45, 2.75) is 13.3 Å². The fraction of sp³-hybridized carbons (Fsp3) is 0.455. The summed E-state index contributed by atoms with van der Waals surface area (Å²) in [4.78, 5) is 17.2. The highest BCUT2D eigenvalue weighted by Crippen LogP contribution is 2.06. The molecule has 1 amide bonds. The minimum Gasteiger partial charge on any atom is -0.370 e. The first-order chi connectivity index (χ1) is 7.15. The summed E-state index contributed by atoms with van der Waals surface area (Å²) in [6.45, 7) is 2.99. The highest BCUT2D eigenvalue weighted by molar-refractivity contribution is 5.93. The number of rotatable bonds is 4. The number of nitrogens with zero attached hydrogens (tertiary/aromatic N) is 2. The van der Waals surface area contributed by atoms with E-state index in [4.69, 9.17) is 0 Å². The molecule has 0 saturated carbocycles. The van der Waals surface area contributed by atoms with Crippen LogP contribution in [0.1, 0.15) is 23.7 Å². The van der Waals surface area contributed by atoms with Gasteiger partial charge in [0, 0.05) is 26.8 Å². The van der Waals surface area contributed by atoms with E-state index in [1.54, 1.807) is 26.4 Å². The number of hydrogen-bond acceptors (Lipinski definition) is 3. The van der Waals surface area contributed by atoms with Gasteiger partial charge in [-0.05, 0) is 18.6 Å². The number of carbonyl (C=O) groups is 1. The Bertz CT molecular complexity index is 319. The molecule has 1 aromatic rings. The lowest BCUT2D eigenvalue weighted by molar-refractivity contribution is 0.0827. The van der Waals surface area contributed by atoms with E-state index in [0.717, 1.165) is 18.8 Å². The molecule has 1 aromatic heterocycles. The molecule has 0 saturated heterocycles. The smallest absolute Gasteiger partial charge is 0.254 e. The monoisotopic (exact) mass is 207 g/mol. The van der Waals surface area contributed by atoms with E-state index in [9.17, 15) is 4.79 Å². The lowest BCUT2D eigenvalue weighted by atomic mass is 10.2. The maximum atomic E-state index is 11.5. The third kappa shape index (κ3) is 3.23. The van der Waals surface area contributed by atoms with Crippen LogP contribution < -0.4 is 5.32 Å². The molecule has 4 nitrogen and oxygen atoms in total. The van der Waals surface area contributed by atoms with Crippen molar-refractivity contribution in [1.82, 2.24) is 9.88 Å². The summed E-state index contributed by atoms with van der Waals surface area (Å²) in [5.41, 5.74) is 0.613. The van der Waals surface area contributed by atoms with Crippen molar-refractivity contribution >= 4 is 11.7 Å². The van der Waals surface area contributed by atoms with Crippen molar-refractivity contribution in [2.75, 3.05) is 26.0 Å². The predicted molar refractivity (Wildman–Crippen MR) is 61.0 cm³/mol. The van der Waals surface area contributed by atoms with Gasteiger partial charge in [-0.25, -0.2) is 4.98 Å². The second kappa shape index (κ2) is 5.34. The van der Waals surface area contributed by atoms with Gasteiger partial charge in [0.25, 0.3) is 5.91 Å². The molecule has 0 atom stereocenters. The van der Waals surface area contributed by atoms with Crippen molar-refractivity contribution < 1.29 is 4.79 Å². The van der Waals surface area contributed by atoms with Gasteiger partial charge in [-0.1, -0.05) is 6.92 Å². The zero-order valence-corrected chi connectivity index (χ0v) is 9.45. The lowest BCUT2D eigenvalue weighted by Crippen LogP contribution is -2.21. The summed E-state index contributed by atoms with van der Waals surface area (Å²) in [6, 6.07) is 3.61. The molecule has 15 heavy (non-hydrogen) atoms. The SMILES string of the molecule is CCCNc1ccc(C(=O)N(C)C)cn1. The number of anilines is 1. The van der Waals surface area contributed by atoms with Gasteiger partial charge in [0.15, 0.2) is 0 Å². The Hall–Kier alpha value is -1.58. The Labute approximate surface area is 90.3 Å². The Morgan fingerprint density at radius 1 is 1.47 bits per heavy atom. The quantitative estimate of drug-likeness (QED) is 0.815. The van der Waals surface area contributed by atoms with Crippen LogP contribution in [0.2, 0.25) is 0 Å². The zero-order valence-electron chi connectivity index (χ0n) is 9.45. The van der Waals surface area contributed by atoms with Crippen LogP contribution in [0.25, 0.3) is 0 Å². The van der Waals surface area contributed by atoms with Gasteiger partial charge in [0.05, 0.1) is 5.56 Å². The summed E-state index contributed by atoms with van der Waals surface area (Å²) < 4.78 is 0. The first kappa shape index (κ1) is 11.5. The lowest BCUT2D eigenvalue weighted by Gasteiger charge is -2.10. The normalized spacial score (nSPS) is 9.80. The summed E-state index contributed by atoms with van der Waals surface area (Å²) in [5, 5.41) is 3.15. The molecule has 0 aliphatic carbocycles. The van der Waals surface area contributed by atoms with Gasteiger partial charge in [-0.3, -0.25) is 4.79 Å². The second-order valence-electron chi connectivity index (χ2n) is 3.56. The van der Waals surface area contributed by atoms with E-state index in [1.165, 1.54) is 4.90 Å². The van der Waals surface area contributed by atoms with Gasteiger partial charge in [-0.2, -0.15) is 0 Å². The standard InChI is InChI=1S/C11H17N3O/c1-4-7-12-10-6-5-9(8-13-10)11(15)14(2)3/h5-6,8H,4,7H2,1-3H3,(H,12,13). The van der Waals surface area contributed by atoms with Crippen molar-refractivity contribution in [3.05, 3.63) is 23.9 Å². The molecular weight excluding hydrogens is 190 g/mol. The Morgan fingerprint density at radius 2 is 2.20 bits per heavy atom. The summed E-state index contributed by atoms with van der Waals surface area (Å²) in [6.07, 6.45) is 2.65. The maximum absolute atomic E-state index is 11.5. The van der Waals surface area contributed by atoms with Gasteiger partial charge in [-0.15, -0.1) is 0 Å². The van der Waals surface area contributed by atoms with Crippen LogP contribution >= 0.6 is 0 Å². The highest BCUT2D eigenvalue weighted by atomic mass is 16.2. The Kier molecular flexibility index (Phi) is 4.09. The Morgan fingerprint density at radius 3 is 2.67 bits per heavy atom.